The van der Waals surface area contributed by atoms with Crippen molar-refractivity contribution in [2.45, 2.75) is 12.8 Å². The molecule has 2 N–H and O–H groups in total. The van der Waals surface area contributed by atoms with Crippen LogP contribution in [0.15, 0.2) is 28.4 Å². The van der Waals surface area contributed by atoms with Crippen molar-refractivity contribution < 1.29 is 14.3 Å². The molecule has 2 aromatic heterocycles. The first-order valence-electron chi connectivity index (χ1n) is 5.64. The zero-order chi connectivity index (χ0) is 12.8. The predicted octanol–water partition coefficient (Wildman–Crippen LogP) is 1.44. The molecule has 0 fully saturated rings. The van der Waals surface area contributed by atoms with E-state index in [9.17, 15) is 4.79 Å². The molecule has 2 heterocycles. The van der Waals surface area contributed by atoms with Crippen molar-refractivity contribution in [1.29, 1.82) is 0 Å². The Balaban J connectivity index is 1.89. The number of carbonyl (C=O) groups excluding carboxylic acids is 1. The number of rotatable bonds is 6. The summed E-state index contributed by atoms with van der Waals surface area (Å²) in [5, 5.41) is 14.0. The third-order valence-electron chi connectivity index (χ3n) is 2.32. The fourth-order valence-electron chi connectivity index (χ4n) is 1.44. The van der Waals surface area contributed by atoms with Crippen LogP contribution in [-0.2, 0) is 11.2 Å². The highest BCUT2D eigenvalue weighted by molar-refractivity contribution is 7.13. The maximum absolute atomic E-state index is 11.5. The fraction of sp³-hybridized carbons (Fsp3) is 0.333. The van der Waals surface area contributed by atoms with Crippen LogP contribution < -0.4 is 5.32 Å². The number of amides is 1. The summed E-state index contributed by atoms with van der Waals surface area (Å²) in [4.78, 5) is 15.9. The first kappa shape index (κ1) is 12.8. The molecule has 0 unspecified atom stereocenters. The van der Waals surface area contributed by atoms with E-state index in [1.807, 2.05) is 11.4 Å². The number of furan rings is 1. The molecule has 0 saturated carbocycles. The van der Waals surface area contributed by atoms with Gasteiger partial charge < -0.3 is 14.8 Å². The Morgan fingerprint density at radius 2 is 2.44 bits per heavy atom. The molecule has 2 aromatic rings. The van der Waals surface area contributed by atoms with Crippen molar-refractivity contribution in [2.75, 3.05) is 13.2 Å². The summed E-state index contributed by atoms with van der Waals surface area (Å²) in [5.41, 5.74) is 1.67. The monoisotopic (exact) mass is 266 g/mol. The first-order chi connectivity index (χ1) is 8.79. The molecule has 2 rings (SSSR count). The molecule has 0 saturated heterocycles. The molecule has 0 spiro atoms. The third kappa shape index (κ3) is 3.41. The van der Waals surface area contributed by atoms with Crippen molar-refractivity contribution in [3.05, 3.63) is 29.7 Å². The number of hydrogen-bond donors (Lipinski definition) is 2. The average molecular weight is 266 g/mol. The lowest BCUT2D eigenvalue weighted by atomic mass is 10.3. The number of carbonyl (C=O) groups is 1. The van der Waals surface area contributed by atoms with E-state index >= 15 is 0 Å². The Bertz CT molecular complexity index is 493. The van der Waals surface area contributed by atoms with Gasteiger partial charge in [-0.25, -0.2) is 4.98 Å². The molecule has 5 nitrogen and oxygen atoms in total. The number of aromatic nitrogens is 1. The van der Waals surface area contributed by atoms with Crippen LogP contribution in [0.4, 0.5) is 0 Å². The van der Waals surface area contributed by atoms with Gasteiger partial charge in [-0.15, -0.1) is 11.3 Å². The van der Waals surface area contributed by atoms with Gasteiger partial charge in [0.15, 0.2) is 0 Å². The first-order valence-corrected chi connectivity index (χ1v) is 6.52. The van der Waals surface area contributed by atoms with Gasteiger partial charge in [0, 0.05) is 24.1 Å². The average Bonchev–Trinajstić information content (AvgIpc) is 2.98. The van der Waals surface area contributed by atoms with Crippen LogP contribution in [0, 0.1) is 0 Å². The van der Waals surface area contributed by atoms with Gasteiger partial charge in [-0.3, -0.25) is 4.79 Å². The minimum atomic E-state index is -0.0764. The summed E-state index contributed by atoms with van der Waals surface area (Å²) in [6, 6.07) is 1.84. The SMILES string of the molecule is O=C(Cc1csc(-c2ccoc2)n1)NCCCO. The van der Waals surface area contributed by atoms with Crippen LogP contribution >= 0.6 is 11.3 Å². The second kappa shape index (κ2) is 6.32. The van der Waals surface area contributed by atoms with Crippen LogP contribution in [0.3, 0.4) is 0 Å². The number of nitrogens with one attached hydrogen (secondary N) is 1. The number of aliphatic hydroxyl groups is 1. The van der Waals surface area contributed by atoms with Crippen LogP contribution in [0.2, 0.25) is 0 Å². The van der Waals surface area contributed by atoms with Gasteiger partial charge in [-0.05, 0) is 12.5 Å². The smallest absolute Gasteiger partial charge is 0.226 e. The highest BCUT2D eigenvalue weighted by Gasteiger charge is 2.09. The fourth-order valence-corrected chi connectivity index (χ4v) is 2.25. The van der Waals surface area contributed by atoms with E-state index in [2.05, 4.69) is 10.3 Å². The topological polar surface area (TPSA) is 75.4 Å². The highest BCUT2D eigenvalue weighted by Crippen LogP contribution is 2.23. The molecule has 1 amide bonds. The number of hydrogen-bond acceptors (Lipinski definition) is 5. The largest absolute Gasteiger partial charge is 0.472 e. The Hall–Kier alpha value is -1.66. The Morgan fingerprint density at radius 3 is 3.17 bits per heavy atom. The third-order valence-corrected chi connectivity index (χ3v) is 3.26. The molecule has 0 radical (unpaired) electrons. The molecule has 0 aliphatic heterocycles. The van der Waals surface area contributed by atoms with E-state index < -0.39 is 0 Å². The molecular weight excluding hydrogens is 252 g/mol. The Morgan fingerprint density at radius 1 is 1.56 bits per heavy atom. The number of aliphatic hydroxyl groups excluding tert-OH is 1. The van der Waals surface area contributed by atoms with Crippen LogP contribution in [0.25, 0.3) is 10.6 Å². The lowest BCUT2D eigenvalue weighted by Crippen LogP contribution is -2.26. The van der Waals surface area contributed by atoms with Crippen LogP contribution in [-0.4, -0.2) is 29.1 Å². The van der Waals surface area contributed by atoms with E-state index in [0.29, 0.717) is 13.0 Å². The Labute approximate surface area is 108 Å². The maximum atomic E-state index is 11.5. The van der Waals surface area contributed by atoms with Crippen molar-refractivity contribution >= 4 is 17.2 Å². The Kier molecular flexibility index (Phi) is 4.49. The van der Waals surface area contributed by atoms with E-state index in [1.165, 1.54) is 11.3 Å². The van der Waals surface area contributed by atoms with Crippen molar-refractivity contribution in [3.8, 4) is 10.6 Å². The maximum Gasteiger partial charge on any atom is 0.226 e. The standard InChI is InChI=1S/C12H14N2O3S/c15-4-1-3-13-11(16)6-10-8-18-12(14-10)9-2-5-17-7-9/h2,5,7-8,15H,1,3-4,6H2,(H,13,16). The molecule has 0 bridgehead atoms. The molecule has 0 aliphatic carbocycles. The second-order valence-corrected chi connectivity index (χ2v) is 4.62. The van der Waals surface area contributed by atoms with E-state index in [0.717, 1.165) is 16.3 Å². The van der Waals surface area contributed by atoms with Gasteiger partial charge in [0.25, 0.3) is 0 Å². The van der Waals surface area contributed by atoms with Crippen molar-refractivity contribution in [3.63, 3.8) is 0 Å². The minimum absolute atomic E-state index is 0.0764. The lowest BCUT2D eigenvalue weighted by Gasteiger charge is -2.01. The van der Waals surface area contributed by atoms with E-state index in [4.69, 9.17) is 9.52 Å². The zero-order valence-corrected chi connectivity index (χ0v) is 10.6. The van der Waals surface area contributed by atoms with E-state index in [-0.39, 0.29) is 18.9 Å². The molecule has 0 aliphatic rings. The zero-order valence-electron chi connectivity index (χ0n) is 9.76. The lowest BCUT2D eigenvalue weighted by molar-refractivity contribution is -0.120. The van der Waals surface area contributed by atoms with Gasteiger partial charge in [0.2, 0.25) is 5.91 Å². The summed E-state index contributed by atoms with van der Waals surface area (Å²) in [6.07, 6.45) is 4.06. The minimum Gasteiger partial charge on any atom is -0.472 e. The van der Waals surface area contributed by atoms with E-state index in [1.54, 1.807) is 12.5 Å². The normalized spacial score (nSPS) is 10.5. The van der Waals surface area contributed by atoms with Crippen molar-refractivity contribution in [1.82, 2.24) is 10.3 Å². The summed E-state index contributed by atoms with van der Waals surface area (Å²) in [5.74, 6) is -0.0764. The molecular formula is C12H14N2O3S. The second-order valence-electron chi connectivity index (χ2n) is 3.76. The van der Waals surface area contributed by atoms with Gasteiger partial charge >= 0.3 is 0 Å². The molecule has 0 aromatic carbocycles. The summed E-state index contributed by atoms with van der Waals surface area (Å²) in [6.45, 7) is 0.579. The summed E-state index contributed by atoms with van der Waals surface area (Å²) < 4.78 is 4.99. The number of nitrogens with zero attached hydrogens (tertiary/aromatic N) is 1. The van der Waals surface area contributed by atoms with Gasteiger partial charge in [-0.2, -0.15) is 0 Å². The van der Waals surface area contributed by atoms with Gasteiger partial charge in [-0.1, -0.05) is 0 Å². The van der Waals surface area contributed by atoms with Gasteiger partial charge in [0.05, 0.1) is 18.4 Å². The molecule has 96 valence electrons. The molecule has 0 atom stereocenters. The van der Waals surface area contributed by atoms with Crippen LogP contribution in [0.5, 0.6) is 0 Å². The quantitative estimate of drug-likeness (QED) is 0.776. The number of thiazole rings is 1. The molecule has 18 heavy (non-hydrogen) atoms. The van der Waals surface area contributed by atoms with Crippen molar-refractivity contribution in [2.24, 2.45) is 0 Å². The molecule has 6 heteroatoms. The highest BCUT2D eigenvalue weighted by atomic mass is 32.1. The summed E-state index contributed by atoms with van der Waals surface area (Å²) >= 11 is 1.49. The van der Waals surface area contributed by atoms with Gasteiger partial charge in [0.1, 0.15) is 11.3 Å². The van der Waals surface area contributed by atoms with Crippen LogP contribution in [0.1, 0.15) is 12.1 Å². The summed E-state index contributed by atoms with van der Waals surface area (Å²) in [7, 11) is 0. The predicted molar refractivity (Wildman–Crippen MR) is 68.2 cm³/mol.